The highest BCUT2D eigenvalue weighted by Gasteiger charge is 2.15. The molecule has 0 radical (unpaired) electrons. The van der Waals surface area contributed by atoms with Gasteiger partial charge in [-0.3, -0.25) is 5.32 Å². The Morgan fingerprint density at radius 2 is 1.54 bits per heavy atom. The molecule has 3 heteroatoms. The number of halogens is 1. The number of hydrogen-bond acceptors (Lipinski definition) is 2. The molecule has 0 amide bonds. The van der Waals surface area contributed by atoms with Gasteiger partial charge < -0.3 is 17.1 Å². The molecule has 148 valence electrons. The maximum Gasteiger partial charge on any atom is 0.0969 e. The summed E-state index contributed by atoms with van der Waals surface area (Å²) in [5.74, 6) is 1.63. The molecule has 1 atom stereocenters. The lowest BCUT2D eigenvalue weighted by Crippen LogP contribution is -3.00. The minimum Gasteiger partial charge on any atom is -1.00 e. The van der Waals surface area contributed by atoms with E-state index < -0.39 is 0 Å². The summed E-state index contributed by atoms with van der Waals surface area (Å²) < 4.78 is 5.80. The average Bonchev–Trinajstić information content (AvgIpc) is 2.46. The molecule has 24 heavy (non-hydrogen) atoms. The van der Waals surface area contributed by atoms with Crippen molar-refractivity contribution in [2.24, 2.45) is 11.8 Å². The van der Waals surface area contributed by atoms with Crippen molar-refractivity contribution in [2.45, 2.75) is 111 Å². The number of ether oxygens (including phenoxy) is 1. The third-order valence-corrected chi connectivity index (χ3v) is 4.79. The van der Waals surface area contributed by atoms with E-state index in [0.29, 0.717) is 6.73 Å². The van der Waals surface area contributed by atoms with Crippen LogP contribution in [0.1, 0.15) is 106 Å². The summed E-state index contributed by atoms with van der Waals surface area (Å²) in [6.07, 6.45) is 13.3. The summed E-state index contributed by atoms with van der Waals surface area (Å²) in [7, 11) is 0. The molecule has 0 heterocycles. The van der Waals surface area contributed by atoms with Gasteiger partial charge in [0.15, 0.2) is 0 Å². The van der Waals surface area contributed by atoms with Crippen LogP contribution in [-0.2, 0) is 4.74 Å². The van der Waals surface area contributed by atoms with Gasteiger partial charge in [-0.15, -0.1) is 0 Å². The highest BCUT2D eigenvalue weighted by atomic mass is 35.5. The zero-order valence-corrected chi connectivity index (χ0v) is 18.2. The van der Waals surface area contributed by atoms with Crippen LogP contribution in [0.2, 0.25) is 0 Å². The minimum absolute atomic E-state index is 0. The van der Waals surface area contributed by atoms with Crippen LogP contribution in [0.15, 0.2) is 0 Å². The van der Waals surface area contributed by atoms with Crippen molar-refractivity contribution in [3.05, 3.63) is 0 Å². The molecule has 0 bridgehead atoms. The first-order valence-corrected chi connectivity index (χ1v) is 10.2. The molecule has 0 saturated heterocycles. The molecular formula is C21H45ClNO-. The molecule has 0 aliphatic heterocycles. The smallest absolute Gasteiger partial charge is 0.0969 e. The molecule has 2 nitrogen and oxygen atoms in total. The number of nitrogens with one attached hydrogen (secondary N) is 1. The Hall–Kier alpha value is 0.210. The lowest BCUT2D eigenvalue weighted by molar-refractivity contribution is -0.00000848. The van der Waals surface area contributed by atoms with Crippen molar-refractivity contribution in [1.82, 2.24) is 5.32 Å². The van der Waals surface area contributed by atoms with Crippen LogP contribution in [0.3, 0.4) is 0 Å². The molecule has 0 aromatic carbocycles. The van der Waals surface area contributed by atoms with E-state index in [-0.39, 0.29) is 17.9 Å². The fourth-order valence-corrected chi connectivity index (χ4v) is 2.88. The first-order valence-electron chi connectivity index (χ1n) is 10.2. The van der Waals surface area contributed by atoms with Gasteiger partial charge in [0.2, 0.25) is 0 Å². The van der Waals surface area contributed by atoms with Crippen LogP contribution < -0.4 is 17.7 Å². The first-order chi connectivity index (χ1) is 10.9. The lowest BCUT2D eigenvalue weighted by atomic mass is 9.96. The van der Waals surface area contributed by atoms with E-state index in [1.54, 1.807) is 0 Å². The minimum atomic E-state index is 0. The summed E-state index contributed by atoms with van der Waals surface area (Å²) in [5, 5.41) is 3.56. The zero-order valence-electron chi connectivity index (χ0n) is 17.4. The van der Waals surface area contributed by atoms with Gasteiger partial charge in [-0.2, -0.15) is 0 Å². The predicted molar refractivity (Wildman–Crippen MR) is 104 cm³/mol. The maximum atomic E-state index is 5.80. The quantitative estimate of drug-likeness (QED) is 0.335. The van der Waals surface area contributed by atoms with E-state index in [1.807, 2.05) is 0 Å². The van der Waals surface area contributed by atoms with E-state index in [4.69, 9.17) is 4.74 Å². The summed E-state index contributed by atoms with van der Waals surface area (Å²) in [6.45, 7) is 15.4. The van der Waals surface area contributed by atoms with E-state index in [1.165, 1.54) is 64.2 Å². The highest BCUT2D eigenvalue weighted by Crippen LogP contribution is 2.16. The fourth-order valence-electron chi connectivity index (χ4n) is 2.88. The predicted octanol–water partition coefficient (Wildman–Crippen LogP) is 3.55. The lowest BCUT2D eigenvalue weighted by Gasteiger charge is -2.26. The standard InChI is InChI=1S/C21H45NO.ClH/c1-7-8-9-10-11-16-21(5,6)22-18-23-17-15-20(4)14-12-13-19(2)3;/h19-20,22H,7-18H2,1-6H3;1H/p-1. The first kappa shape index (κ1) is 26.4. The Kier molecular flexibility index (Phi) is 18.4. The molecule has 0 spiro atoms. The Bertz CT molecular complexity index is 256. The van der Waals surface area contributed by atoms with Crippen molar-refractivity contribution in [1.29, 1.82) is 0 Å². The molecule has 1 N–H and O–H groups in total. The molecule has 0 aromatic rings. The molecule has 0 rings (SSSR count). The number of unbranched alkanes of at least 4 members (excludes halogenated alkanes) is 4. The van der Waals surface area contributed by atoms with Crippen molar-refractivity contribution in [3.8, 4) is 0 Å². The van der Waals surface area contributed by atoms with Crippen LogP contribution in [-0.4, -0.2) is 18.9 Å². The van der Waals surface area contributed by atoms with Gasteiger partial charge in [0.25, 0.3) is 0 Å². The zero-order chi connectivity index (χ0) is 17.6. The summed E-state index contributed by atoms with van der Waals surface area (Å²) >= 11 is 0. The number of hydrogen-bond donors (Lipinski definition) is 1. The third kappa shape index (κ3) is 18.5. The van der Waals surface area contributed by atoms with Crippen molar-refractivity contribution in [2.75, 3.05) is 13.3 Å². The van der Waals surface area contributed by atoms with Gasteiger partial charge >= 0.3 is 0 Å². The summed E-state index contributed by atoms with van der Waals surface area (Å²) in [5.41, 5.74) is 0.203. The monoisotopic (exact) mass is 362 g/mol. The topological polar surface area (TPSA) is 21.3 Å². The van der Waals surface area contributed by atoms with Crippen molar-refractivity contribution in [3.63, 3.8) is 0 Å². The van der Waals surface area contributed by atoms with Gasteiger partial charge in [-0.25, -0.2) is 0 Å². The SMILES string of the molecule is CCCCCCCC(C)(C)NCOCCC(C)CCCC(C)C.[Cl-]. The second kappa shape index (κ2) is 16.7. The second-order valence-electron chi connectivity index (χ2n) is 8.50. The second-order valence-corrected chi connectivity index (χ2v) is 8.50. The molecule has 0 aliphatic carbocycles. The van der Waals surface area contributed by atoms with Gasteiger partial charge in [-0.1, -0.05) is 79.1 Å². The highest BCUT2D eigenvalue weighted by molar-refractivity contribution is 4.75. The summed E-state index contributed by atoms with van der Waals surface area (Å²) in [4.78, 5) is 0. The van der Waals surface area contributed by atoms with Gasteiger partial charge in [0, 0.05) is 12.1 Å². The molecule has 0 fully saturated rings. The maximum absolute atomic E-state index is 5.80. The molecular weight excluding hydrogens is 318 g/mol. The largest absolute Gasteiger partial charge is 1.00 e. The Labute approximate surface area is 159 Å². The molecule has 1 unspecified atom stereocenters. The molecule has 0 saturated carbocycles. The average molecular weight is 363 g/mol. The van der Waals surface area contributed by atoms with Crippen LogP contribution in [0.5, 0.6) is 0 Å². The molecule has 0 aromatic heterocycles. The van der Waals surface area contributed by atoms with Crippen LogP contribution >= 0.6 is 0 Å². The van der Waals surface area contributed by atoms with Crippen LogP contribution in [0, 0.1) is 11.8 Å². The Morgan fingerprint density at radius 3 is 2.17 bits per heavy atom. The van der Waals surface area contributed by atoms with E-state index in [2.05, 4.69) is 46.9 Å². The summed E-state index contributed by atoms with van der Waals surface area (Å²) in [6, 6.07) is 0. The van der Waals surface area contributed by atoms with Crippen LogP contribution in [0.4, 0.5) is 0 Å². The Balaban J connectivity index is 0. The Morgan fingerprint density at radius 1 is 0.875 bits per heavy atom. The third-order valence-electron chi connectivity index (χ3n) is 4.79. The van der Waals surface area contributed by atoms with Gasteiger partial charge in [0.1, 0.15) is 0 Å². The number of rotatable bonds is 16. The van der Waals surface area contributed by atoms with E-state index >= 15 is 0 Å². The van der Waals surface area contributed by atoms with Crippen molar-refractivity contribution >= 4 is 0 Å². The van der Waals surface area contributed by atoms with E-state index in [0.717, 1.165) is 18.4 Å². The molecule has 0 aliphatic rings. The van der Waals surface area contributed by atoms with Crippen LogP contribution in [0.25, 0.3) is 0 Å². The van der Waals surface area contributed by atoms with Gasteiger partial charge in [0.05, 0.1) is 6.73 Å². The normalized spacial score (nSPS) is 13.1. The fraction of sp³-hybridized carbons (Fsp3) is 1.00. The van der Waals surface area contributed by atoms with Crippen molar-refractivity contribution < 1.29 is 17.1 Å². The van der Waals surface area contributed by atoms with Gasteiger partial charge in [-0.05, 0) is 38.5 Å². The van der Waals surface area contributed by atoms with E-state index in [9.17, 15) is 0 Å².